The Morgan fingerprint density at radius 1 is 0.778 bits per heavy atom. The first-order valence-corrected chi connectivity index (χ1v) is 6.80. The molecule has 1 nitrogen and oxygen atoms in total. The lowest BCUT2D eigenvalue weighted by molar-refractivity contribution is -0.660. The predicted molar refractivity (Wildman–Crippen MR) is 80.5 cm³/mol. The number of benzene rings is 1. The van der Waals surface area contributed by atoms with E-state index in [1.807, 2.05) is 33.8 Å². The molecule has 0 saturated carbocycles. The molecule has 98 valence electrons. The van der Waals surface area contributed by atoms with E-state index in [2.05, 4.69) is 61.1 Å². The van der Waals surface area contributed by atoms with E-state index in [-0.39, 0.29) is 0 Å². The lowest BCUT2D eigenvalue weighted by Gasteiger charge is -2.02. The van der Waals surface area contributed by atoms with Gasteiger partial charge in [0.05, 0.1) is 0 Å². The van der Waals surface area contributed by atoms with Gasteiger partial charge in [-0.25, -0.2) is 4.57 Å². The van der Waals surface area contributed by atoms with E-state index in [1.54, 1.807) is 0 Å². The Morgan fingerprint density at radius 2 is 1.33 bits per heavy atom. The van der Waals surface area contributed by atoms with Crippen LogP contribution < -0.4 is 4.57 Å². The van der Waals surface area contributed by atoms with Crippen LogP contribution in [0, 0.1) is 6.92 Å². The van der Waals surface area contributed by atoms with Gasteiger partial charge in [-0.1, -0.05) is 45.9 Å². The summed E-state index contributed by atoms with van der Waals surface area (Å²) in [5.74, 6) is 0. The minimum absolute atomic E-state index is 1.26. The SMILES string of the molecule is CC.CC.Cc1ccccc1-c1cccc[n+]1C. The number of rotatable bonds is 1. The zero-order chi connectivity index (χ0) is 14.0. The standard InChI is InChI=1S/C13H14N.2C2H6/c1-11-7-3-4-8-12(11)13-9-5-6-10-14(13)2;2*1-2/h3-10H,1-2H3;2*1-2H3/q+1;;. The smallest absolute Gasteiger partial charge is 0.201 e. The summed E-state index contributed by atoms with van der Waals surface area (Å²) in [6, 6.07) is 14.7. The minimum atomic E-state index is 1.26. The number of nitrogens with zero attached hydrogens (tertiary/aromatic N) is 1. The maximum Gasteiger partial charge on any atom is 0.212 e. The van der Waals surface area contributed by atoms with E-state index in [0.29, 0.717) is 0 Å². The summed E-state index contributed by atoms with van der Waals surface area (Å²) >= 11 is 0. The highest BCUT2D eigenvalue weighted by Crippen LogP contribution is 2.18. The fourth-order valence-corrected chi connectivity index (χ4v) is 1.66. The van der Waals surface area contributed by atoms with Crippen LogP contribution in [-0.4, -0.2) is 0 Å². The quantitative estimate of drug-likeness (QED) is 0.648. The van der Waals surface area contributed by atoms with Crippen molar-refractivity contribution in [3.63, 3.8) is 0 Å². The molecule has 0 amide bonds. The molecule has 0 aliphatic heterocycles. The van der Waals surface area contributed by atoms with Crippen molar-refractivity contribution in [1.29, 1.82) is 0 Å². The number of aromatic nitrogens is 1. The summed E-state index contributed by atoms with van der Waals surface area (Å²) in [6.07, 6.45) is 2.07. The van der Waals surface area contributed by atoms with Crippen LogP contribution >= 0.6 is 0 Å². The van der Waals surface area contributed by atoms with Crippen molar-refractivity contribution < 1.29 is 4.57 Å². The van der Waals surface area contributed by atoms with Gasteiger partial charge < -0.3 is 0 Å². The molecule has 0 unspecified atom stereocenters. The molecule has 1 aromatic heterocycles. The molecule has 0 bridgehead atoms. The molecule has 0 N–H and O–H groups in total. The van der Waals surface area contributed by atoms with Gasteiger partial charge in [-0.2, -0.15) is 0 Å². The highest BCUT2D eigenvalue weighted by molar-refractivity contribution is 5.60. The molecule has 0 saturated heterocycles. The highest BCUT2D eigenvalue weighted by Gasteiger charge is 2.09. The van der Waals surface area contributed by atoms with Crippen molar-refractivity contribution in [2.75, 3.05) is 0 Å². The maximum atomic E-state index is 2.16. The first-order chi connectivity index (χ1) is 8.79. The third kappa shape index (κ3) is 4.33. The minimum Gasteiger partial charge on any atom is -0.201 e. The molecule has 1 heterocycles. The number of hydrogen-bond donors (Lipinski definition) is 0. The third-order valence-electron chi connectivity index (χ3n) is 2.48. The molecule has 0 atom stereocenters. The molecule has 0 radical (unpaired) electrons. The molecule has 1 heteroatoms. The molecule has 2 aromatic rings. The molecule has 0 spiro atoms. The molecule has 0 aliphatic carbocycles. The summed E-state index contributed by atoms with van der Waals surface area (Å²) in [5.41, 5.74) is 3.87. The average Bonchev–Trinajstić information content (AvgIpc) is 2.45. The number of hydrogen-bond acceptors (Lipinski definition) is 0. The third-order valence-corrected chi connectivity index (χ3v) is 2.48. The van der Waals surface area contributed by atoms with Crippen LogP contribution in [0.15, 0.2) is 48.7 Å². The summed E-state index contributed by atoms with van der Waals surface area (Å²) in [4.78, 5) is 0. The molecular formula is C17H26N+. The molecule has 0 aliphatic rings. The Balaban J connectivity index is 0.000000659. The summed E-state index contributed by atoms with van der Waals surface area (Å²) in [5, 5.41) is 0. The topological polar surface area (TPSA) is 3.88 Å². The van der Waals surface area contributed by atoms with E-state index in [9.17, 15) is 0 Å². The highest BCUT2D eigenvalue weighted by atomic mass is 14.9. The zero-order valence-corrected chi connectivity index (χ0v) is 12.6. The Kier molecular flexibility index (Phi) is 8.55. The van der Waals surface area contributed by atoms with Crippen molar-refractivity contribution >= 4 is 0 Å². The first kappa shape index (κ1) is 16.4. The lowest BCUT2D eigenvalue weighted by Crippen LogP contribution is -2.30. The van der Waals surface area contributed by atoms with Crippen molar-refractivity contribution in [2.45, 2.75) is 34.6 Å². The average molecular weight is 244 g/mol. The molecule has 2 rings (SSSR count). The summed E-state index contributed by atoms with van der Waals surface area (Å²) in [6.45, 7) is 10.1. The van der Waals surface area contributed by atoms with Crippen molar-refractivity contribution in [2.24, 2.45) is 7.05 Å². The molecular weight excluding hydrogens is 218 g/mol. The lowest BCUT2D eigenvalue weighted by atomic mass is 10.1. The van der Waals surface area contributed by atoms with Crippen LogP contribution in [0.5, 0.6) is 0 Å². The Morgan fingerprint density at radius 3 is 1.89 bits per heavy atom. The Labute approximate surface area is 112 Å². The van der Waals surface area contributed by atoms with E-state index >= 15 is 0 Å². The first-order valence-electron chi connectivity index (χ1n) is 6.80. The van der Waals surface area contributed by atoms with Gasteiger partial charge in [0, 0.05) is 17.7 Å². The van der Waals surface area contributed by atoms with E-state index in [4.69, 9.17) is 0 Å². The van der Waals surface area contributed by atoms with Gasteiger partial charge in [-0.05, 0) is 24.6 Å². The van der Waals surface area contributed by atoms with Gasteiger partial charge in [0.15, 0.2) is 6.20 Å². The Hall–Kier alpha value is -1.63. The van der Waals surface area contributed by atoms with Crippen LogP contribution in [0.2, 0.25) is 0 Å². The second-order valence-corrected chi connectivity index (χ2v) is 3.51. The van der Waals surface area contributed by atoms with Crippen LogP contribution in [0.25, 0.3) is 11.3 Å². The second-order valence-electron chi connectivity index (χ2n) is 3.51. The monoisotopic (exact) mass is 244 g/mol. The normalized spacial score (nSPS) is 8.56. The van der Waals surface area contributed by atoms with Crippen LogP contribution in [-0.2, 0) is 7.05 Å². The van der Waals surface area contributed by atoms with E-state index < -0.39 is 0 Å². The fraction of sp³-hybridized carbons (Fsp3) is 0.353. The van der Waals surface area contributed by atoms with Gasteiger partial charge in [0.25, 0.3) is 0 Å². The van der Waals surface area contributed by atoms with Crippen LogP contribution in [0.4, 0.5) is 0 Å². The molecule has 1 aromatic carbocycles. The maximum absolute atomic E-state index is 2.16. The van der Waals surface area contributed by atoms with Gasteiger partial charge in [0.1, 0.15) is 7.05 Å². The summed E-state index contributed by atoms with van der Waals surface area (Å²) in [7, 11) is 2.07. The molecule has 0 fully saturated rings. The van der Waals surface area contributed by atoms with Gasteiger partial charge >= 0.3 is 0 Å². The van der Waals surface area contributed by atoms with Gasteiger partial charge in [-0.15, -0.1) is 0 Å². The summed E-state index contributed by atoms with van der Waals surface area (Å²) < 4.78 is 2.14. The van der Waals surface area contributed by atoms with Gasteiger partial charge in [0.2, 0.25) is 5.69 Å². The zero-order valence-electron chi connectivity index (χ0n) is 12.6. The largest absolute Gasteiger partial charge is 0.212 e. The Bertz CT molecular complexity index is 403. The van der Waals surface area contributed by atoms with E-state index in [1.165, 1.54) is 16.8 Å². The second kappa shape index (κ2) is 9.41. The predicted octanol–water partition coefficient (Wildman–Crippen LogP) is 4.54. The van der Waals surface area contributed by atoms with Crippen molar-refractivity contribution in [3.8, 4) is 11.3 Å². The van der Waals surface area contributed by atoms with Gasteiger partial charge in [-0.3, -0.25) is 0 Å². The number of pyridine rings is 1. The van der Waals surface area contributed by atoms with Crippen LogP contribution in [0.1, 0.15) is 33.3 Å². The van der Waals surface area contributed by atoms with Crippen molar-refractivity contribution in [1.82, 2.24) is 0 Å². The van der Waals surface area contributed by atoms with Crippen LogP contribution in [0.3, 0.4) is 0 Å². The molecule has 18 heavy (non-hydrogen) atoms. The van der Waals surface area contributed by atoms with Crippen molar-refractivity contribution in [3.05, 3.63) is 54.2 Å². The fourth-order valence-electron chi connectivity index (χ4n) is 1.66. The number of aryl methyl sites for hydroxylation is 2. The van der Waals surface area contributed by atoms with E-state index in [0.717, 1.165) is 0 Å².